The summed E-state index contributed by atoms with van der Waals surface area (Å²) in [5, 5.41) is 16.0. The number of hydrogen-bond acceptors (Lipinski definition) is 4. The highest BCUT2D eigenvalue weighted by molar-refractivity contribution is 6.03. The van der Waals surface area contributed by atoms with Gasteiger partial charge in [-0.05, 0) is 42.8 Å². The molecule has 0 bridgehead atoms. The average molecular weight is 324 g/mol. The first-order chi connectivity index (χ1) is 11.6. The Kier molecular flexibility index (Phi) is 4.51. The van der Waals surface area contributed by atoms with Gasteiger partial charge in [0.1, 0.15) is 11.5 Å². The van der Waals surface area contributed by atoms with Crippen LogP contribution in [0, 0.1) is 0 Å². The minimum Gasteiger partial charge on any atom is -0.508 e. The van der Waals surface area contributed by atoms with Gasteiger partial charge in [0.25, 0.3) is 0 Å². The fraction of sp³-hybridized carbons (Fsp3) is 0.263. The molecule has 0 saturated carbocycles. The van der Waals surface area contributed by atoms with Crippen LogP contribution in [0.3, 0.4) is 0 Å². The predicted molar refractivity (Wildman–Crippen MR) is 92.1 cm³/mol. The molecule has 1 heterocycles. The number of para-hydroxylation sites is 1. The van der Waals surface area contributed by atoms with Crippen LogP contribution in [0.15, 0.2) is 53.6 Å². The number of benzene rings is 2. The molecule has 3 rings (SSSR count). The Morgan fingerprint density at radius 3 is 2.58 bits per heavy atom. The van der Waals surface area contributed by atoms with Gasteiger partial charge >= 0.3 is 0 Å². The Balaban J connectivity index is 1.89. The molecule has 24 heavy (non-hydrogen) atoms. The Morgan fingerprint density at radius 2 is 1.96 bits per heavy atom. The van der Waals surface area contributed by atoms with Crippen LogP contribution in [0.4, 0.5) is 0 Å². The van der Waals surface area contributed by atoms with Crippen LogP contribution in [0.5, 0.6) is 11.5 Å². The first-order valence-corrected chi connectivity index (χ1v) is 7.98. The van der Waals surface area contributed by atoms with Crippen LogP contribution >= 0.6 is 0 Å². The Morgan fingerprint density at radius 1 is 1.25 bits per heavy atom. The molecule has 2 aromatic rings. The SMILES string of the molecule is CCOc1ccc(C2=NN(C(C)=O)[C@@H](c3ccccc3O)C2)cc1. The summed E-state index contributed by atoms with van der Waals surface area (Å²) >= 11 is 0. The highest BCUT2D eigenvalue weighted by Gasteiger charge is 2.32. The fourth-order valence-electron chi connectivity index (χ4n) is 2.90. The van der Waals surface area contributed by atoms with Crippen molar-refractivity contribution in [3.8, 4) is 11.5 Å². The molecule has 124 valence electrons. The zero-order valence-corrected chi connectivity index (χ0v) is 13.8. The molecule has 1 N–H and O–H groups in total. The van der Waals surface area contributed by atoms with E-state index in [0.29, 0.717) is 18.6 Å². The third-order valence-electron chi connectivity index (χ3n) is 4.03. The van der Waals surface area contributed by atoms with E-state index in [4.69, 9.17) is 4.74 Å². The maximum atomic E-state index is 12.0. The second kappa shape index (κ2) is 6.74. The minimum absolute atomic E-state index is 0.149. The van der Waals surface area contributed by atoms with Gasteiger partial charge in [0.15, 0.2) is 0 Å². The monoisotopic (exact) mass is 324 g/mol. The molecular formula is C19H20N2O3. The Bertz CT molecular complexity index is 768. The zero-order chi connectivity index (χ0) is 17.1. The minimum atomic E-state index is -0.287. The van der Waals surface area contributed by atoms with Crippen molar-refractivity contribution in [1.82, 2.24) is 5.01 Å². The number of aromatic hydroxyl groups is 1. The summed E-state index contributed by atoms with van der Waals surface area (Å²) < 4.78 is 5.45. The number of carbonyl (C=O) groups is 1. The summed E-state index contributed by atoms with van der Waals surface area (Å²) in [6.07, 6.45) is 0.561. The summed E-state index contributed by atoms with van der Waals surface area (Å²) in [5.74, 6) is 0.835. The molecule has 5 nitrogen and oxygen atoms in total. The van der Waals surface area contributed by atoms with Gasteiger partial charge in [0, 0.05) is 18.9 Å². The molecule has 2 aromatic carbocycles. The smallest absolute Gasteiger partial charge is 0.240 e. The van der Waals surface area contributed by atoms with Gasteiger partial charge in [-0.2, -0.15) is 5.10 Å². The first-order valence-electron chi connectivity index (χ1n) is 7.98. The molecule has 0 fully saturated rings. The van der Waals surface area contributed by atoms with Gasteiger partial charge in [-0.25, -0.2) is 5.01 Å². The standard InChI is InChI=1S/C19H20N2O3/c1-3-24-15-10-8-14(9-11-15)17-12-18(21(20-17)13(2)22)16-6-4-5-7-19(16)23/h4-11,18,23H,3,12H2,1-2H3/t18-/m1/s1. The van der Waals surface area contributed by atoms with E-state index in [2.05, 4.69) is 5.10 Å². The maximum absolute atomic E-state index is 12.0. The van der Waals surface area contributed by atoms with Gasteiger partial charge in [-0.15, -0.1) is 0 Å². The molecular weight excluding hydrogens is 304 g/mol. The number of phenolic OH excluding ortho intramolecular Hbond substituents is 1. The van der Waals surface area contributed by atoms with Crippen LogP contribution in [0.1, 0.15) is 37.4 Å². The van der Waals surface area contributed by atoms with Crippen molar-refractivity contribution in [2.24, 2.45) is 5.10 Å². The quantitative estimate of drug-likeness (QED) is 0.936. The average Bonchev–Trinajstić information content (AvgIpc) is 3.02. The third-order valence-corrected chi connectivity index (χ3v) is 4.03. The summed E-state index contributed by atoms with van der Waals surface area (Å²) in [7, 11) is 0. The normalized spacial score (nSPS) is 16.8. The largest absolute Gasteiger partial charge is 0.508 e. The number of hydrazone groups is 1. The van der Waals surface area contributed by atoms with Crippen molar-refractivity contribution in [2.45, 2.75) is 26.3 Å². The Labute approximate surface area is 141 Å². The van der Waals surface area contributed by atoms with Crippen LogP contribution in [-0.2, 0) is 4.79 Å². The fourth-order valence-corrected chi connectivity index (χ4v) is 2.90. The van der Waals surface area contributed by atoms with Crippen LogP contribution < -0.4 is 4.74 Å². The summed E-state index contributed by atoms with van der Waals surface area (Å²) in [4.78, 5) is 12.0. The van der Waals surface area contributed by atoms with Crippen molar-refractivity contribution in [1.29, 1.82) is 0 Å². The lowest BCUT2D eigenvalue weighted by Gasteiger charge is -2.21. The second-order valence-electron chi connectivity index (χ2n) is 5.65. The van der Waals surface area contributed by atoms with Crippen molar-refractivity contribution in [3.05, 3.63) is 59.7 Å². The zero-order valence-electron chi connectivity index (χ0n) is 13.8. The number of ether oxygens (including phenoxy) is 1. The van der Waals surface area contributed by atoms with E-state index in [1.165, 1.54) is 11.9 Å². The maximum Gasteiger partial charge on any atom is 0.240 e. The molecule has 0 saturated heterocycles. The molecule has 1 aliphatic heterocycles. The number of phenols is 1. The van der Waals surface area contributed by atoms with Gasteiger partial charge in [0.05, 0.1) is 18.4 Å². The second-order valence-corrected chi connectivity index (χ2v) is 5.65. The van der Waals surface area contributed by atoms with E-state index in [9.17, 15) is 9.90 Å². The number of hydrogen-bond donors (Lipinski definition) is 1. The molecule has 1 amide bonds. The molecule has 0 radical (unpaired) electrons. The first kappa shape index (κ1) is 16.1. The van der Waals surface area contributed by atoms with E-state index in [1.807, 2.05) is 43.3 Å². The lowest BCUT2D eigenvalue weighted by atomic mass is 9.97. The summed E-state index contributed by atoms with van der Waals surface area (Å²) in [6, 6.07) is 14.5. The summed E-state index contributed by atoms with van der Waals surface area (Å²) in [6.45, 7) is 4.04. The van der Waals surface area contributed by atoms with Crippen LogP contribution in [-0.4, -0.2) is 28.3 Å². The third kappa shape index (κ3) is 3.11. The Hall–Kier alpha value is -2.82. The number of amides is 1. The lowest BCUT2D eigenvalue weighted by Crippen LogP contribution is -2.24. The predicted octanol–water partition coefficient (Wildman–Crippen LogP) is 3.49. The van der Waals surface area contributed by atoms with Gasteiger partial charge in [0.2, 0.25) is 5.91 Å². The van der Waals surface area contributed by atoms with Crippen molar-refractivity contribution in [3.63, 3.8) is 0 Å². The van der Waals surface area contributed by atoms with E-state index in [1.54, 1.807) is 12.1 Å². The molecule has 1 atom stereocenters. The molecule has 0 spiro atoms. The molecule has 0 unspecified atom stereocenters. The molecule has 0 aliphatic carbocycles. The molecule has 0 aromatic heterocycles. The van der Waals surface area contributed by atoms with E-state index >= 15 is 0 Å². The van der Waals surface area contributed by atoms with Crippen LogP contribution in [0.2, 0.25) is 0 Å². The van der Waals surface area contributed by atoms with Crippen molar-refractivity contribution >= 4 is 11.6 Å². The van der Waals surface area contributed by atoms with E-state index in [0.717, 1.165) is 17.0 Å². The van der Waals surface area contributed by atoms with Crippen LogP contribution in [0.25, 0.3) is 0 Å². The topological polar surface area (TPSA) is 62.1 Å². The highest BCUT2D eigenvalue weighted by Crippen LogP contribution is 2.36. The van der Waals surface area contributed by atoms with Gasteiger partial charge < -0.3 is 9.84 Å². The molecule has 1 aliphatic rings. The van der Waals surface area contributed by atoms with Gasteiger partial charge in [-0.1, -0.05) is 18.2 Å². The lowest BCUT2D eigenvalue weighted by molar-refractivity contribution is -0.130. The molecule has 5 heteroatoms. The van der Waals surface area contributed by atoms with Gasteiger partial charge in [-0.3, -0.25) is 4.79 Å². The number of rotatable bonds is 4. The highest BCUT2D eigenvalue weighted by atomic mass is 16.5. The van der Waals surface area contributed by atoms with E-state index in [-0.39, 0.29) is 17.7 Å². The van der Waals surface area contributed by atoms with Crippen molar-refractivity contribution in [2.75, 3.05) is 6.61 Å². The van der Waals surface area contributed by atoms with E-state index < -0.39 is 0 Å². The number of nitrogens with zero attached hydrogens (tertiary/aromatic N) is 2. The van der Waals surface area contributed by atoms with Crippen molar-refractivity contribution < 1.29 is 14.6 Å². The summed E-state index contributed by atoms with van der Waals surface area (Å²) in [5.41, 5.74) is 2.47. The number of carbonyl (C=O) groups excluding carboxylic acids is 1.